The first-order chi connectivity index (χ1) is 34.5. The van der Waals surface area contributed by atoms with E-state index >= 15 is 4.39 Å². The molecule has 0 spiro atoms. The van der Waals surface area contributed by atoms with Crippen molar-refractivity contribution in [1.29, 1.82) is 0 Å². The van der Waals surface area contributed by atoms with Crippen LogP contribution in [0.1, 0.15) is 76.0 Å². The summed E-state index contributed by atoms with van der Waals surface area (Å²) in [5.74, 6) is 0.983. The molecule has 0 bridgehead atoms. The monoisotopic (exact) mass is 1130 g/mol. The number of anilines is 7. The summed E-state index contributed by atoms with van der Waals surface area (Å²) in [6, 6.07) is 65.2. The van der Waals surface area contributed by atoms with E-state index in [2.05, 4.69) is 165 Å². The van der Waals surface area contributed by atoms with Gasteiger partial charge in [-0.1, -0.05) is 125 Å². The van der Waals surface area contributed by atoms with Gasteiger partial charge >= 0.3 is 0 Å². The second-order valence-corrected chi connectivity index (χ2v) is 19.0. The summed E-state index contributed by atoms with van der Waals surface area (Å²) in [6.07, 6.45) is 1.80. The zero-order chi connectivity index (χ0) is 48.9. The second-order valence-electron chi connectivity index (χ2n) is 19.0. The minimum absolute atomic E-state index is 0. The molecule has 11 rings (SSSR count). The van der Waals surface area contributed by atoms with Gasteiger partial charge in [-0.05, 0) is 124 Å². The second kappa shape index (κ2) is 19.9. The van der Waals surface area contributed by atoms with Crippen LogP contribution in [-0.2, 0) is 21.1 Å². The molecule has 0 radical (unpaired) electrons. The van der Waals surface area contributed by atoms with Gasteiger partial charge in [0.25, 0.3) is 0 Å². The largest absolute Gasteiger partial charge is 0.509 e. The van der Waals surface area contributed by atoms with E-state index in [0.717, 1.165) is 84.6 Å². The Morgan fingerprint density at radius 1 is 0.569 bits per heavy atom. The molecule has 1 aliphatic heterocycles. The molecule has 1 aliphatic rings. The van der Waals surface area contributed by atoms with Gasteiger partial charge in [0.05, 0.1) is 0 Å². The summed E-state index contributed by atoms with van der Waals surface area (Å²) in [7, 11) is 0. The molecule has 0 fully saturated rings. The maximum absolute atomic E-state index is 15.6. The summed E-state index contributed by atoms with van der Waals surface area (Å²) in [4.78, 5) is 11.5. The molecule has 0 amide bonds. The van der Waals surface area contributed by atoms with Gasteiger partial charge in [0.15, 0.2) is 0 Å². The van der Waals surface area contributed by atoms with E-state index < -0.39 is 11.6 Å². The topological polar surface area (TPSA) is 36.8 Å². The molecule has 6 nitrogen and oxygen atoms in total. The molecule has 2 aromatic heterocycles. The van der Waals surface area contributed by atoms with Gasteiger partial charge in [-0.15, -0.1) is 42.4 Å². The molecule has 362 valence electrons. The van der Waals surface area contributed by atoms with Crippen LogP contribution >= 0.6 is 0 Å². The molecule has 3 heterocycles. The van der Waals surface area contributed by atoms with Gasteiger partial charge in [0.1, 0.15) is 17.5 Å². The fourth-order valence-electron chi connectivity index (χ4n) is 9.83. The zero-order valence-electron chi connectivity index (χ0n) is 40.8. The van der Waals surface area contributed by atoms with Crippen molar-refractivity contribution in [3.8, 4) is 28.4 Å². The first-order valence-electron chi connectivity index (χ1n) is 24.2. The molecule has 9 heteroatoms. The molecular weight excluding hydrogens is 1080 g/mol. The number of rotatable bonds is 12. The van der Waals surface area contributed by atoms with E-state index in [0.29, 0.717) is 22.6 Å². The predicted octanol–water partition coefficient (Wildman–Crippen LogP) is 17.8. The third kappa shape index (κ3) is 8.94. The number of hydrogen-bond acceptors (Lipinski definition) is 5. The van der Waals surface area contributed by atoms with E-state index in [-0.39, 0.29) is 38.8 Å². The molecule has 0 unspecified atom stereocenters. The third-order valence-corrected chi connectivity index (χ3v) is 13.3. The average molecular weight is 1130 g/mol. The Hall–Kier alpha value is -7.54. The van der Waals surface area contributed by atoms with Crippen molar-refractivity contribution in [2.75, 3.05) is 14.7 Å². The Morgan fingerprint density at radius 2 is 1.25 bits per heavy atom. The quantitative estimate of drug-likeness (QED) is 0.114. The van der Waals surface area contributed by atoms with Crippen molar-refractivity contribution in [1.82, 2.24) is 9.55 Å². The number of para-hydroxylation sites is 3. The van der Waals surface area contributed by atoms with E-state index in [4.69, 9.17) is 9.72 Å². The van der Waals surface area contributed by atoms with Crippen LogP contribution in [0.25, 0.3) is 38.8 Å². The Kier molecular flexibility index (Phi) is 13.3. The Morgan fingerprint density at radius 3 is 1.90 bits per heavy atom. The fraction of sp³-hybridized carbons (Fsp3) is 0.143. The summed E-state index contributed by atoms with van der Waals surface area (Å²) in [5.41, 5.74) is 12.8. The van der Waals surface area contributed by atoms with Crippen LogP contribution in [0.5, 0.6) is 11.5 Å². The van der Waals surface area contributed by atoms with Crippen molar-refractivity contribution in [2.24, 2.45) is 0 Å². The molecule has 0 saturated carbocycles. The first kappa shape index (κ1) is 48.1. The zero-order valence-corrected chi connectivity index (χ0v) is 43.1. The average Bonchev–Trinajstić information content (AvgIpc) is 3.92. The number of ether oxygens (including phenoxy) is 1. The maximum Gasteiger partial charge on any atom is 0.135 e. The van der Waals surface area contributed by atoms with E-state index in [1.165, 1.54) is 17.7 Å². The summed E-state index contributed by atoms with van der Waals surface area (Å²) in [6.45, 7) is 15.2. The minimum Gasteiger partial charge on any atom is -0.509 e. The molecule has 0 N–H and O–H groups in total. The van der Waals surface area contributed by atoms with E-state index in [9.17, 15) is 4.39 Å². The van der Waals surface area contributed by atoms with Crippen LogP contribution in [0.4, 0.5) is 48.6 Å². The van der Waals surface area contributed by atoms with Gasteiger partial charge in [0, 0.05) is 84.3 Å². The van der Waals surface area contributed by atoms with Crippen LogP contribution < -0.4 is 19.4 Å². The predicted molar refractivity (Wildman–Crippen MR) is 287 cm³/mol. The van der Waals surface area contributed by atoms with Crippen LogP contribution in [0.15, 0.2) is 182 Å². The minimum atomic E-state index is -0.603. The summed E-state index contributed by atoms with van der Waals surface area (Å²) in [5, 5.41) is 2.14. The summed E-state index contributed by atoms with van der Waals surface area (Å²) < 4.78 is 38.9. The number of nitrogens with zero attached hydrogens (tertiary/aromatic N) is 5. The van der Waals surface area contributed by atoms with E-state index in [1.54, 1.807) is 6.20 Å². The van der Waals surface area contributed by atoms with Crippen LogP contribution in [0, 0.1) is 30.4 Å². The molecule has 0 atom stereocenters. The Bertz CT molecular complexity index is 3510. The Balaban J connectivity index is 0.00000596. The van der Waals surface area contributed by atoms with Crippen molar-refractivity contribution in [3.63, 3.8) is 0 Å². The van der Waals surface area contributed by atoms with Gasteiger partial charge in [0.2, 0.25) is 0 Å². The van der Waals surface area contributed by atoms with Crippen LogP contribution in [0.2, 0.25) is 0 Å². The number of hydrogen-bond donors (Lipinski definition) is 0. The molecule has 0 aliphatic carbocycles. The van der Waals surface area contributed by atoms with Crippen molar-refractivity contribution >= 4 is 61.6 Å². The Labute approximate surface area is 435 Å². The van der Waals surface area contributed by atoms with Gasteiger partial charge in [-0.3, -0.25) is 0 Å². The van der Waals surface area contributed by atoms with Gasteiger partial charge < -0.3 is 24.0 Å². The molecular formula is C63H52F2N5OPt-3. The third-order valence-electron chi connectivity index (χ3n) is 13.3. The molecule has 8 aromatic carbocycles. The number of benzene rings is 8. The normalized spacial score (nSPS) is 12.3. The van der Waals surface area contributed by atoms with Gasteiger partial charge in [-0.25, -0.2) is 13.8 Å². The van der Waals surface area contributed by atoms with Crippen molar-refractivity contribution in [2.45, 2.75) is 59.3 Å². The van der Waals surface area contributed by atoms with Crippen LogP contribution in [-0.4, -0.2) is 9.55 Å². The summed E-state index contributed by atoms with van der Waals surface area (Å²) >= 11 is 0. The van der Waals surface area contributed by atoms with Crippen molar-refractivity contribution in [3.05, 3.63) is 229 Å². The number of halogens is 2. The van der Waals surface area contributed by atoms with E-state index in [1.807, 2.05) is 72.8 Å². The molecule has 10 aromatic rings. The van der Waals surface area contributed by atoms with Gasteiger partial charge in [-0.2, -0.15) is 6.07 Å². The van der Waals surface area contributed by atoms with Crippen LogP contribution in [0.3, 0.4) is 0 Å². The number of fused-ring (bicyclic) bond motifs is 4. The SMILES string of the molecule is CC(C)c1ccc2c(c1)N(c1c(C(C)C)cc(-c3ccc(F)cc3F)cc1C(C)C)[CH-]N2c1[c-]c(Oc2[c-]c3c(cc2)c2ccccc2n3-c2ccccn2)cc(N(c2ccccc2)c2ccccc2)c1.[Pt]. The standard InChI is InChI=1S/C63H52F2N5O.Pt/c1-40(2)43-24-29-59-61(33-43)68(63-55(41(3)4)31-44(32-56(63)42(5)6)52-27-25-45(64)34-57(52)65)39-67(59)48-35-49(69(46-17-9-7-10-18-46)47-19-11-8-12-20-47)37-51(36-48)71-50-26-28-54-53-21-13-14-22-58(53)70(60(54)38-50)62-23-15-16-30-66-62;/h7-35,37,39-42H,1-6H3;/q-3;. The molecule has 0 saturated heterocycles. The maximum atomic E-state index is 15.6. The molecule has 72 heavy (non-hydrogen) atoms. The number of aromatic nitrogens is 2. The number of pyridine rings is 1. The van der Waals surface area contributed by atoms with Crippen molar-refractivity contribution < 1.29 is 34.6 Å². The smallest absolute Gasteiger partial charge is 0.135 e. The fourth-order valence-corrected chi connectivity index (χ4v) is 9.83. The first-order valence-corrected chi connectivity index (χ1v) is 24.2.